The van der Waals surface area contributed by atoms with Gasteiger partial charge >= 0.3 is 0 Å². The molecule has 5 aromatic rings. The lowest BCUT2D eigenvalue weighted by atomic mass is 9.98. The van der Waals surface area contributed by atoms with Crippen LogP contribution in [0.4, 0.5) is 11.6 Å². The molecule has 0 bridgehead atoms. The number of hydrogen-bond acceptors (Lipinski definition) is 8. The molecule has 4 aromatic heterocycles. The summed E-state index contributed by atoms with van der Waals surface area (Å²) in [7, 11) is 0. The molecular weight excluding hydrogens is 518 g/mol. The van der Waals surface area contributed by atoms with E-state index in [1.807, 2.05) is 24.6 Å². The molecule has 0 radical (unpaired) electrons. The van der Waals surface area contributed by atoms with E-state index in [0.717, 1.165) is 35.3 Å². The van der Waals surface area contributed by atoms with Crippen LogP contribution in [-0.4, -0.2) is 29.5 Å². The standard InChI is InChI=1S/C31H31N7OS/c1-19-17-33-27(22-8-4-5-9-22)36-26(19)25-16-23-18-34-30(37-28(23)38(29(25)39)31-32-14-15-40-31)35-24-12-10-21(11-13-24)20-6-2-3-7-20/h10-18,20,22H,2-9H2,1H3,(H,34,35,37). The molecule has 0 atom stereocenters. The predicted molar refractivity (Wildman–Crippen MR) is 159 cm³/mol. The number of hydrogen-bond donors (Lipinski definition) is 1. The van der Waals surface area contributed by atoms with Crippen LogP contribution in [0.3, 0.4) is 0 Å². The fourth-order valence-electron chi connectivity index (χ4n) is 6.17. The highest BCUT2D eigenvalue weighted by Crippen LogP contribution is 2.35. The highest BCUT2D eigenvalue weighted by atomic mass is 32.1. The Morgan fingerprint density at radius 1 is 0.900 bits per heavy atom. The van der Waals surface area contributed by atoms with Gasteiger partial charge in [0.2, 0.25) is 5.95 Å². The Balaban J connectivity index is 1.29. The van der Waals surface area contributed by atoms with Crippen LogP contribution < -0.4 is 10.9 Å². The average Bonchev–Trinajstić information content (AvgIpc) is 3.78. The Kier molecular flexibility index (Phi) is 6.59. The first-order valence-electron chi connectivity index (χ1n) is 14.2. The molecule has 0 unspecified atom stereocenters. The third kappa shape index (κ3) is 4.68. The minimum absolute atomic E-state index is 0.202. The van der Waals surface area contributed by atoms with Crippen LogP contribution in [0, 0.1) is 6.92 Å². The van der Waals surface area contributed by atoms with Gasteiger partial charge in [0.25, 0.3) is 5.56 Å². The fraction of sp³-hybridized carbons (Fsp3) is 0.355. The maximum atomic E-state index is 14.1. The Morgan fingerprint density at radius 2 is 1.65 bits per heavy atom. The zero-order chi connectivity index (χ0) is 27.1. The number of fused-ring (bicyclic) bond motifs is 1. The van der Waals surface area contributed by atoms with E-state index in [0.29, 0.717) is 39.8 Å². The zero-order valence-corrected chi connectivity index (χ0v) is 23.3. The average molecular weight is 550 g/mol. The van der Waals surface area contributed by atoms with E-state index in [9.17, 15) is 4.79 Å². The molecule has 0 saturated heterocycles. The summed E-state index contributed by atoms with van der Waals surface area (Å²) < 4.78 is 1.59. The monoisotopic (exact) mass is 549 g/mol. The number of anilines is 2. The highest BCUT2D eigenvalue weighted by molar-refractivity contribution is 7.12. The number of pyridine rings is 1. The van der Waals surface area contributed by atoms with Crippen LogP contribution in [0.2, 0.25) is 0 Å². The Hall–Kier alpha value is -3.98. The lowest BCUT2D eigenvalue weighted by Gasteiger charge is -2.14. The van der Waals surface area contributed by atoms with Gasteiger partial charge in [-0.3, -0.25) is 4.79 Å². The summed E-state index contributed by atoms with van der Waals surface area (Å²) in [6.45, 7) is 1.95. The first-order chi connectivity index (χ1) is 19.6. The van der Waals surface area contributed by atoms with Crippen LogP contribution in [0.5, 0.6) is 0 Å². The topological polar surface area (TPSA) is 98.5 Å². The van der Waals surface area contributed by atoms with Gasteiger partial charge in [0.05, 0.1) is 11.3 Å². The number of aryl methyl sites for hydroxylation is 1. The van der Waals surface area contributed by atoms with E-state index in [1.165, 1.54) is 55.4 Å². The van der Waals surface area contributed by atoms with Gasteiger partial charge in [-0.2, -0.15) is 4.98 Å². The number of rotatable bonds is 6. The molecule has 1 aromatic carbocycles. The first-order valence-corrected chi connectivity index (χ1v) is 15.1. The van der Waals surface area contributed by atoms with Crippen molar-refractivity contribution in [2.24, 2.45) is 0 Å². The van der Waals surface area contributed by atoms with E-state index >= 15 is 0 Å². The van der Waals surface area contributed by atoms with Crippen molar-refractivity contribution in [3.05, 3.63) is 81.6 Å². The van der Waals surface area contributed by atoms with Gasteiger partial charge in [-0.1, -0.05) is 37.8 Å². The molecule has 2 fully saturated rings. The lowest BCUT2D eigenvalue weighted by molar-refractivity contribution is 0.667. The van der Waals surface area contributed by atoms with E-state index in [1.54, 1.807) is 17.0 Å². The third-order valence-corrected chi connectivity index (χ3v) is 9.07. The van der Waals surface area contributed by atoms with E-state index in [-0.39, 0.29) is 5.56 Å². The summed E-state index contributed by atoms with van der Waals surface area (Å²) in [6.07, 6.45) is 15.1. The van der Waals surface area contributed by atoms with Crippen molar-refractivity contribution in [1.82, 2.24) is 29.5 Å². The van der Waals surface area contributed by atoms with Gasteiger partial charge in [0, 0.05) is 41.0 Å². The Bertz CT molecular complexity index is 1720. The molecule has 4 heterocycles. The highest BCUT2D eigenvalue weighted by Gasteiger charge is 2.23. The Morgan fingerprint density at radius 3 is 2.38 bits per heavy atom. The molecule has 202 valence electrons. The van der Waals surface area contributed by atoms with Crippen LogP contribution in [0.25, 0.3) is 27.4 Å². The normalized spacial score (nSPS) is 16.2. The van der Waals surface area contributed by atoms with Crippen molar-refractivity contribution in [1.29, 1.82) is 0 Å². The molecule has 40 heavy (non-hydrogen) atoms. The number of nitrogens with one attached hydrogen (secondary N) is 1. The van der Waals surface area contributed by atoms with Crippen LogP contribution in [0.15, 0.2) is 59.1 Å². The van der Waals surface area contributed by atoms with Gasteiger partial charge < -0.3 is 5.32 Å². The SMILES string of the molecule is Cc1cnc(C2CCCC2)nc1-c1cc2cnc(Nc3ccc(C4CCCC4)cc3)nc2n(-c2nccs2)c1=O. The molecular formula is C31H31N7OS. The van der Waals surface area contributed by atoms with E-state index in [2.05, 4.69) is 44.5 Å². The number of thiazole rings is 1. The summed E-state index contributed by atoms with van der Waals surface area (Å²) in [5.74, 6) is 2.28. The van der Waals surface area contributed by atoms with Crippen molar-refractivity contribution >= 4 is 34.0 Å². The fourth-order valence-corrected chi connectivity index (χ4v) is 6.81. The lowest BCUT2D eigenvalue weighted by Crippen LogP contribution is -2.22. The maximum Gasteiger partial charge on any atom is 0.268 e. The van der Waals surface area contributed by atoms with Crippen LogP contribution >= 0.6 is 11.3 Å². The third-order valence-electron chi connectivity index (χ3n) is 8.31. The second-order valence-corrected chi connectivity index (χ2v) is 11.8. The first kappa shape index (κ1) is 25.0. The van der Waals surface area contributed by atoms with Crippen LogP contribution in [0.1, 0.15) is 80.2 Å². The summed E-state index contributed by atoms with van der Waals surface area (Å²) in [5, 5.41) is 6.49. The van der Waals surface area contributed by atoms with Gasteiger partial charge in [-0.05, 0) is 67.9 Å². The summed E-state index contributed by atoms with van der Waals surface area (Å²) in [5.41, 5.74) is 4.65. The molecule has 2 aliphatic rings. The number of nitrogens with zero attached hydrogens (tertiary/aromatic N) is 6. The van der Waals surface area contributed by atoms with Gasteiger partial charge in [0.15, 0.2) is 10.8 Å². The van der Waals surface area contributed by atoms with Crippen molar-refractivity contribution < 1.29 is 0 Å². The molecule has 8 nitrogen and oxygen atoms in total. The van der Waals surface area contributed by atoms with Gasteiger partial charge in [-0.25, -0.2) is 24.5 Å². The van der Waals surface area contributed by atoms with E-state index < -0.39 is 0 Å². The molecule has 9 heteroatoms. The van der Waals surface area contributed by atoms with Crippen molar-refractivity contribution in [3.8, 4) is 16.4 Å². The second kappa shape index (κ2) is 10.5. The largest absolute Gasteiger partial charge is 0.324 e. The molecule has 0 aliphatic heterocycles. The summed E-state index contributed by atoms with van der Waals surface area (Å²) >= 11 is 1.40. The minimum Gasteiger partial charge on any atom is -0.324 e. The molecule has 2 saturated carbocycles. The molecule has 0 amide bonds. The van der Waals surface area contributed by atoms with Crippen LogP contribution in [-0.2, 0) is 0 Å². The van der Waals surface area contributed by atoms with Crippen molar-refractivity contribution in [2.75, 3.05) is 5.32 Å². The number of benzene rings is 1. The predicted octanol–water partition coefficient (Wildman–Crippen LogP) is 7.06. The second-order valence-electron chi connectivity index (χ2n) is 11.0. The molecule has 0 spiro atoms. The minimum atomic E-state index is -0.202. The quantitative estimate of drug-likeness (QED) is 0.242. The molecule has 1 N–H and O–H groups in total. The maximum absolute atomic E-state index is 14.1. The van der Waals surface area contributed by atoms with E-state index in [4.69, 9.17) is 9.97 Å². The van der Waals surface area contributed by atoms with Gasteiger partial charge in [0.1, 0.15) is 5.82 Å². The molecule has 7 rings (SSSR count). The van der Waals surface area contributed by atoms with Crippen molar-refractivity contribution in [2.45, 2.75) is 70.1 Å². The zero-order valence-electron chi connectivity index (χ0n) is 22.5. The Labute approximate surface area is 236 Å². The number of aromatic nitrogens is 6. The summed E-state index contributed by atoms with van der Waals surface area (Å²) in [6, 6.07) is 10.4. The van der Waals surface area contributed by atoms with Gasteiger partial charge in [-0.15, -0.1) is 11.3 Å². The molecule has 2 aliphatic carbocycles. The summed E-state index contributed by atoms with van der Waals surface area (Å²) in [4.78, 5) is 37.5. The van der Waals surface area contributed by atoms with Crippen molar-refractivity contribution in [3.63, 3.8) is 0 Å². The smallest absolute Gasteiger partial charge is 0.268 e.